The van der Waals surface area contributed by atoms with Gasteiger partial charge in [0, 0.05) is 40.3 Å². The van der Waals surface area contributed by atoms with E-state index in [2.05, 4.69) is 15.1 Å². The molecule has 0 radical (unpaired) electrons. The van der Waals surface area contributed by atoms with Crippen molar-refractivity contribution in [2.24, 2.45) is 0 Å². The van der Waals surface area contributed by atoms with Crippen LogP contribution in [-0.4, -0.2) is 61.3 Å². The molecule has 3 aromatic rings. The molecule has 0 bridgehead atoms. The second-order valence-electron chi connectivity index (χ2n) is 7.71. The van der Waals surface area contributed by atoms with Crippen molar-refractivity contribution in [1.82, 2.24) is 15.1 Å². The van der Waals surface area contributed by atoms with Crippen molar-refractivity contribution in [2.45, 2.75) is 5.92 Å². The minimum absolute atomic E-state index is 0.154. The summed E-state index contributed by atoms with van der Waals surface area (Å²) >= 11 is 0. The van der Waals surface area contributed by atoms with E-state index >= 15 is 0 Å². The van der Waals surface area contributed by atoms with Crippen molar-refractivity contribution in [3.63, 3.8) is 0 Å². The van der Waals surface area contributed by atoms with Crippen molar-refractivity contribution < 1.29 is 4.79 Å². The van der Waals surface area contributed by atoms with Crippen LogP contribution in [0.3, 0.4) is 0 Å². The predicted octanol–water partition coefficient (Wildman–Crippen LogP) is 3.02. The molecule has 1 aliphatic heterocycles. The molecule has 0 saturated carbocycles. The van der Waals surface area contributed by atoms with Crippen molar-refractivity contribution in [2.75, 3.05) is 50.1 Å². The summed E-state index contributed by atoms with van der Waals surface area (Å²) in [6, 6.07) is 24.0. The molecule has 1 aliphatic rings. The van der Waals surface area contributed by atoms with Crippen molar-refractivity contribution in [1.29, 1.82) is 0 Å². The van der Waals surface area contributed by atoms with Crippen LogP contribution in [0.1, 0.15) is 17.0 Å². The number of hydrogen-bond donors (Lipinski definition) is 0. The maximum Gasteiger partial charge on any atom is 0.234 e. The van der Waals surface area contributed by atoms with Crippen LogP contribution in [0.25, 0.3) is 0 Å². The van der Waals surface area contributed by atoms with E-state index in [0.717, 1.165) is 35.9 Å². The lowest BCUT2D eigenvalue weighted by molar-refractivity contribution is -0.132. The van der Waals surface area contributed by atoms with E-state index in [1.807, 2.05) is 96.7 Å². The Morgan fingerprint density at radius 3 is 1.83 bits per heavy atom. The standard InChI is InChI=1S/C24H27N5O/c1-27(2)21-13-14-22(26-25-21)28-15-17-29(18-16-28)24(30)23(19-9-5-3-6-10-19)20-11-7-4-8-12-20/h3-14,23H,15-18H2,1-2H3. The fraction of sp³-hybridized carbons (Fsp3) is 0.292. The van der Waals surface area contributed by atoms with Crippen LogP contribution in [0, 0.1) is 0 Å². The van der Waals surface area contributed by atoms with Crippen LogP contribution < -0.4 is 9.80 Å². The van der Waals surface area contributed by atoms with Gasteiger partial charge in [-0.15, -0.1) is 10.2 Å². The molecule has 6 nitrogen and oxygen atoms in total. The molecule has 0 unspecified atom stereocenters. The third-order valence-corrected chi connectivity index (χ3v) is 5.52. The first-order chi connectivity index (χ1) is 14.6. The molecule has 1 amide bonds. The Balaban J connectivity index is 1.48. The Hall–Kier alpha value is -3.41. The second kappa shape index (κ2) is 8.95. The molecule has 30 heavy (non-hydrogen) atoms. The first kappa shape index (κ1) is 19.9. The van der Waals surface area contributed by atoms with Crippen LogP contribution in [0.4, 0.5) is 11.6 Å². The van der Waals surface area contributed by atoms with Gasteiger partial charge in [0.05, 0.1) is 5.92 Å². The maximum atomic E-state index is 13.5. The largest absolute Gasteiger partial charge is 0.361 e. The highest BCUT2D eigenvalue weighted by atomic mass is 16.2. The minimum atomic E-state index is -0.280. The molecule has 4 rings (SSSR count). The van der Waals surface area contributed by atoms with Gasteiger partial charge in [-0.3, -0.25) is 4.79 Å². The number of benzene rings is 2. The normalized spacial score (nSPS) is 14.1. The highest BCUT2D eigenvalue weighted by Crippen LogP contribution is 2.27. The summed E-state index contributed by atoms with van der Waals surface area (Å²) in [5.74, 6) is 1.57. The first-order valence-corrected chi connectivity index (χ1v) is 10.3. The number of aromatic nitrogens is 2. The molecule has 0 spiro atoms. The quantitative estimate of drug-likeness (QED) is 0.658. The second-order valence-corrected chi connectivity index (χ2v) is 7.71. The summed E-state index contributed by atoms with van der Waals surface area (Å²) in [7, 11) is 3.90. The number of carbonyl (C=O) groups excluding carboxylic acids is 1. The molecule has 0 atom stereocenters. The van der Waals surface area contributed by atoms with Gasteiger partial charge in [0.15, 0.2) is 11.6 Å². The Bertz CT molecular complexity index is 912. The van der Waals surface area contributed by atoms with E-state index in [1.165, 1.54) is 0 Å². The van der Waals surface area contributed by atoms with E-state index in [1.54, 1.807) is 0 Å². The highest BCUT2D eigenvalue weighted by molar-refractivity contribution is 5.87. The third kappa shape index (κ3) is 4.27. The molecule has 0 aliphatic carbocycles. The monoisotopic (exact) mass is 401 g/mol. The number of carbonyl (C=O) groups is 1. The van der Waals surface area contributed by atoms with Crippen LogP contribution >= 0.6 is 0 Å². The van der Waals surface area contributed by atoms with Gasteiger partial charge < -0.3 is 14.7 Å². The highest BCUT2D eigenvalue weighted by Gasteiger charge is 2.30. The Kier molecular flexibility index (Phi) is 5.93. The topological polar surface area (TPSA) is 52.6 Å². The zero-order chi connectivity index (χ0) is 20.9. The number of nitrogens with zero attached hydrogens (tertiary/aromatic N) is 5. The number of piperazine rings is 1. The summed E-state index contributed by atoms with van der Waals surface area (Å²) in [4.78, 5) is 19.6. The SMILES string of the molecule is CN(C)c1ccc(N2CCN(C(=O)C(c3ccccc3)c3ccccc3)CC2)nn1. The first-order valence-electron chi connectivity index (χ1n) is 10.3. The predicted molar refractivity (Wildman–Crippen MR) is 120 cm³/mol. The average molecular weight is 402 g/mol. The number of anilines is 2. The van der Waals surface area contributed by atoms with Gasteiger partial charge in [-0.25, -0.2) is 0 Å². The maximum absolute atomic E-state index is 13.5. The Labute approximate surface area is 177 Å². The summed E-state index contributed by atoms with van der Waals surface area (Å²) in [5.41, 5.74) is 2.06. The Morgan fingerprint density at radius 1 is 0.800 bits per heavy atom. The van der Waals surface area contributed by atoms with Crippen molar-refractivity contribution in [3.05, 3.63) is 83.9 Å². The molecular weight excluding hydrogens is 374 g/mol. The van der Waals surface area contributed by atoms with E-state index in [9.17, 15) is 4.79 Å². The van der Waals surface area contributed by atoms with E-state index in [0.29, 0.717) is 13.1 Å². The van der Waals surface area contributed by atoms with Crippen molar-refractivity contribution in [3.8, 4) is 0 Å². The van der Waals surface area contributed by atoms with Gasteiger partial charge in [0.2, 0.25) is 5.91 Å². The lowest BCUT2D eigenvalue weighted by atomic mass is 9.90. The lowest BCUT2D eigenvalue weighted by Crippen LogP contribution is -2.50. The van der Waals surface area contributed by atoms with Crippen LogP contribution in [0.2, 0.25) is 0 Å². The molecular formula is C24H27N5O. The summed E-state index contributed by atoms with van der Waals surface area (Å²) in [6.07, 6.45) is 0. The number of hydrogen-bond acceptors (Lipinski definition) is 5. The van der Waals surface area contributed by atoms with Crippen molar-refractivity contribution >= 4 is 17.5 Å². The van der Waals surface area contributed by atoms with Gasteiger partial charge in [0.25, 0.3) is 0 Å². The summed E-state index contributed by atoms with van der Waals surface area (Å²) < 4.78 is 0. The van der Waals surface area contributed by atoms with Gasteiger partial charge in [0.1, 0.15) is 0 Å². The zero-order valence-corrected chi connectivity index (χ0v) is 17.5. The third-order valence-electron chi connectivity index (χ3n) is 5.52. The zero-order valence-electron chi connectivity index (χ0n) is 17.5. The van der Waals surface area contributed by atoms with Gasteiger partial charge >= 0.3 is 0 Å². The molecule has 154 valence electrons. The summed E-state index contributed by atoms with van der Waals surface area (Å²) in [5, 5.41) is 8.62. The molecule has 6 heteroatoms. The summed E-state index contributed by atoms with van der Waals surface area (Å²) in [6.45, 7) is 2.84. The number of rotatable bonds is 5. The smallest absolute Gasteiger partial charge is 0.234 e. The molecule has 1 fully saturated rings. The fourth-order valence-corrected chi connectivity index (χ4v) is 3.83. The number of amides is 1. The lowest BCUT2D eigenvalue weighted by Gasteiger charge is -2.37. The van der Waals surface area contributed by atoms with E-state index in [4.69, 9.17) is 0 Å². The molecule has 2 heterocycles. The molecule has 1 aromatic heterocycles. The fourth-order valence-electron chi connectivity index (χ4n) is 3.83. The minimum Gasteiger partial charge on any atom is -0.361 e. The van der Waals surface area contributed by atoms with E-state index < -0.39 is 0 Å². The van der Waals surface area contributed by atoms with Gasteiger partial charge in [-0.1, -0.05) is 60.7 Å². The Morgan fingerprint density at radius 2 is 1.37 bits per heavy atom. The van der Waals surface area contributed by atoms with Crippen LogP contribution in [0.5, 0.6) is 0 Å². The van der Waals surface area contributed by atoms with Gasteiger partial charge in [-0.2, -0.15) is 0 Å². The molecule has 0 N–H and O–H groups in total. The molecule has 2 aromatic carbocycles. The molecule has 1 saturated heterocycles. The van der Waals surface area contributed by atoms with Crippen LogP contribution in [0.15, 0.2) is 72.8 Å². The van der Waals surface area contributed by atoms with Gasteiger partial charge in [-0.05, 0) is 23.3 Å². The van der Waals surface area contributed by atoms with Crippen LogP contribution in [-0.2, 0) is 4.79 Å². The average Bonchev–Trinajstić information content (AvgIpc) is 2.81. The van der Waals surface area contributed by atoms with E-state index in [-0.39, 0.29) is 11.8 Å².